The first-order valence-corrected chi connectivity index (χ1v) is 7.68. The monoisotopic (exact) mass is 294 g/mol. The summed E-state index contributed by atoms with van der Waals surface area (Å²) in [5.41, 5.74) is 0.604. The van der Waals surface area contributed by atoms with Crippen molar-refractivity contribution in [2.45, 2.75) is 26.2 Å². The minimum atomic E-state index is -0.301. The molecule has 0 heterocycles. The third kappa shape index (κ3) is 7.34. The summed E-state index contributed by atoms with van der Waals surface area (Å²) in [6, 6.07) is 5.80. The zero-order valence-corrected chi connectivity index (χ0v) is 13.4. The molecule has 0 N–H and O–H groups in total. The minimum Gasteiger partial charge on any atom is -0.309 e. The lowest BCUT2D eigenvalue weighted by Crippen LogP contribution is -2.28. The second-order valence-electron chi connectivity index (χ2n) is 5.62. The molecule has 1 aromatic carbocycles. The summed E-state index contributed by atoms with van der Waals surface area (Å²) in [5.74, 6) is -0.205. The number of Topliss-reactive ketones (excluding diaryl/α,β-unsaturated/α-hetero) is 1. The summed E-state index contributed by atoms with van der Waals surface area (Å²) in [5, 5.41) is 0. The Hall–Kier alpha value is -1.26. The first-order chi connectivity index (χ1) is 10.0. The van der Waals surface area contributed by atoms with Gasteiger partial charge in [0.25, 0.3) is 0 Å². The van der Waals surface area contributed by atoms with Crippen LogP contribution in [0.1, 0.15) is 36.5 Å². The zero-order valence-electron chi connectivity index (χ0n) is 13.4. The number of nitrogens with zero attached hydrogens (tertiary/aromatic N) is 2. The average Bonchev–Trinajstić information content (AvgIpc) is 2.45. The molecule has 0 aliphatic rings. The van der Waals surface area contributed by atoms with Crippen molar-refractivity contribution in [2.75, 3.05) is 40.3 Å². The van der Waals surface area contributed by atoms with Crippen LogP contribution >= 0.6 is 0 Å². The Labute approximate surface area is 127 Å². The average molecular weight is 294 g/mol. The highest BCUT2D eigenvalue weighted by Gasteiger charge is 2.08. The molecular formula is C17H27FN2O. The normalized spacial score (nSPS) is 11.3. The van der Waals surface area contributed by atoms with E-state index >= 15 is 0 Å². The molecule has 0 aromatic heterocycles. The predicted molar refractivity (Wildman–Crippen MR) is 85.2 cm³/mol. The Morgan fingerprint density at radius 3 is 2.24 bits per heavy atom. The van der Waals surface area contributed by atoms with Crippen LogP contribution in [0.15, 0.2) is 24.3 Å². The summed E-state index contributed by atoms with van der Waals surface area (Å²) >= 11 is 0. The van der Waals surface area contributed by atoms with Crippen molar-refractivity contribution in [3.63, 3.8) is 0 Å². The zero-order chi connectivity index (χ0) is 15.7. The SMILES string of the molecule is CCN(CCCC(=O)c1ccc(F)cc1)CCCN(C)C. The quantitative estimate of drug-likeness (QED) is 0.620. The van der Waals surface area contributed by atoms with Crippen molar-refractivity contribution in [1.29, 1.82) is 0 Å². The van der Waals surface area contributed by atoms with Gasteiger partial charge in [0.2, 0.25) is 0 Å². The number of hydrogen-bond acceptors (Lipinski definition) is 3. The Kier molecular flexibility index (Phi) is 8.16. The number of ketones is 1. The van der Waals surface area contributed by atoms with Gasteiger partial charge in [-0.25, -0.2) is 4.39 Å². The molecule has 0 bridgehead atoms. The highest BCUT2D eigenvalue weighted by atomic mass is 19.1. The van der Waals surface area contributed by atoms with Gasteiger partial charge in [-0.05, 0) is 77.4 Å². The molecule has 0 atom stereocenters. The lowest BCUT2D eigenvalue weighted by Gasteiger charge is -2.21. The van der Waals surface area contributed by atoms with Gasteiger partial charge in [0.05, 0.1) is 0 Å². The Morgan fingerprint density at radius 2 is 1.67 bits per heavy atom. The topological polar surface area (TPSA) is 23.6 Å². The van der Waals surface area contributed by atoms with E-state index in [2.05, 4.69) is 30.8 Å². The second kappa shape index (κ2) is 9.64. The van der Waals surface area contributed by atoms with Crippen LogP contribution in [0.5, 0.6) is 0 Å². The molecule has 0 unspecified atom stereocenters. The summed E-state index contributed by atoms with van der Waals surface area (Å²) in [6.45, 7) is 6.26. The van der Waals surface area contributed by atoms with E-state index in [1.165, 1.54) is 12.1 Å². The smallest absolute Gasteiger partial charge is 0.162 e. The van der Waals surface area contributed by atoms with Gasteiger partial charge in [-0.3, -0.25) is 4.79 Å². The van der Waals surface area contributed by atoms with Gasteiger partial charge in [-0.15, -0.1) is 0 Å². The first kappa shape index (κ1) is 17.8. The van der Waals surface area contributed by atoms with Gasteiger partial charge in [0.15, 0.2) is 5.78 Å². The maximum atomic E-state index is 12.8. The maximum absolute atomic E-state index is 12.8. The molecule has 0 radical (unpaired) electrons. The fourth-order valence-corrected chi connectivity index (χ4v) is 2.28. The van der Waals surface area contributed by atoms with Crippen molar-refractivity contribution in [1.82, 2.24) is 9.80 Å². The van der Waals surface area contributed by atoms with Crippen molar-refractivity contribution >= 4 is 5.78 Å². The van der Waals surface area contributed by atoms with Gasteiger partial charge in [-0.2, -0.15) is 0 Å². The molecule has 3 nitrogen and oxygen atoms in total. The lowest BCUT2D eigenvalue weighted by atomic mass is 10.1. The van der Waals surface area contributed by atoms with Gasteiger partial charge in [0.1, 0.15) is 5.82 Å². The predicted octanol–water partition coefficient (Wildman–Crippen LogP) is 3.06. The molecule has 1 rings (SSSR count). The van der Waals surface area contributed by atoms with Crippen LogP contribution in [0.3, 0.4) is 0 Å². The molecule has 0 aliphatic heterocycles. The maximum Gasteiger partial charge on any atom is 0.162 e. The van der Waals surface area contributed by atoms with Crippen LogP contribution < -0.4 is 0 Å². The summed E-state index contributed by atoms with van der Waals surface area (Å²) in [7, 11) is 4.16. The molecule has 0 saturated carbocycles. The van der Waals surface area contributed by atoms with E-state index in [-0.39, 0.29) is 11.6 Å². The van der Waals surface area contributed by atoms with Crippen LogP contribution in [0.4, 0.5) is 4.39 Å². The van der Waals surface area contributed by atoms with E-state index in [9.17, 15) is 9.18 Å². The number of rotatable bonds is 10. The number of carbonyl (C=O) groups is 1. The van der Waals surface area contributed by atoms with E-state index in [1.54, 1.807) is 12.1 Å². The highest BCUT2D eigenvalue weighted by molar-refractivity contribution is 5.95. The minimum absolute atomic E-state index is 0.0966. The van der Waals surface area contributed by atoms with Crippen molar-refractivity contribution in [3.05, 3.63) is 35.6 Å². The molecule has 0 saturated heterocycles. The molecule has 118 valence electrons. The lowest BCUT2D eigenvalue weighted by molar-refractivity contribution is 0.0974. The molecule has 4 heteroatoms. The highest BCUT2D eigenvalue weighted by Crippen LogP contribution is 2.08. The Bertz CT molecular complexity index is 417. The van der Waals surface area contributed by atoms with E-state index < -0.39 is 0 Å². The van der Waals surface area contributed by atoms with Crippen LogP contribution in [0.25, 0.3) is 0 Å². The van der Waals surface area contributed by atoms with Crippen LogP contribution in [-0.4, -0.2) is 55.9 Å². The molecule has 0 fully saturated rings. The summed E-state index contributed by atoms with van der Waals surface area (Å²) in [6.07, 6.45) is 2.52. The van der Waals surface area contributed by atoms with Crippen LogP contribution in [0, 0.1) is 5.82 Å². The van der Waals surface area contributed by atoms with E-state index in [0.717, 1.165) is 39.0 Å². The molecule has 0 aliphatic carbocycles. The van der Waals surface area contributed by atoms with Gasteiger partial charge < -0.3 is 9.80 Å². The summed E-state index contributed by atoms with van der Waals surface area (Å²) < 4.78 is 12.8. The standard InChI is InChI=1S/C17H27FN2O/c1-4-20(14-6-12-19(2)3)13-5-7-17(21)15-8-10-16(18)11-9-15/h8-11H,4-7,12-14H2,1-3H3. The van der Waals surface area contributed by atoms with Gasteiger partial charge >= 0.3 is 0 Å². The number of benzene rings is 1. The number of hydrogen-bond donors (Lipinski definition) is 0. The third-order valence-electron chi connectivity index (χ3n) is 3.57. The molecular weight excluding hydrogens is 267 g/mol. The number of carbonyl (C=O) groups excluding carboxylic acids is 1. The van der Waals surface area contributed by atoms with Gasteiger partial charge in [-0.1, -0.05) is 6.92 Å². The fourth-order valence-electron chi connectivity index (χ4n) is 2.28. The summed E-state index contributed by atoms with van der Waals surface area (Å²) in [4.78, 5) is 16.5. The van der Waals surface area contributed by atoms with Crippen LogP contribution in [-0.2, 0) is 0 Å². The Balaban J connectivity index is 2.27. The van der Waals surface area contributed by atoms with E-state index in [0.29, 0.717) is 12.0 Å². The van der Waals surface area contributed by atoms with Crippen molar-refractivity contribution in [2.24, 2.45) is 0 Å². The third-order valence-corrected chi connectivity index (χ3v) is 3.57. The second-order valence-corrected chi connectivity index (χ2v) is 5.62. The van der Waals surface area contributed by atoms with E-state index in [4.69, 9.17) is 0 Å². The van der Waals surface area contributed by atoms with Crippen LogP contribution in [0.2, 0.25) is 0 Å². The largest absolute Gasteiger partial charge is 0.309 e. The fraction of sp³-hybridized carbons (Fsp3) is 0.588. The number of halogens is 1. The van der Waals surface area contributed by atoms with E-state index in [1.807, 2.05) is 0 Å². The first-order valence-electron chi connectivity index (χ1n) is 7.68. The molecule has 21 heavy (non-hydrogen) atoms. The van der Waals surface area contributed by atoms with Crippen molar-refractivity contribution in [3.8, 4) is 0 Å². The molecule has 0 spiro atoms. The molecule has 0 amide bonds. The van der Waals surface area contributed by atoms with Crippen molar-refractivity contribution < 1.29 is 9.18 Å². The molecule has 1 aromatic rings. The van der Waals surface area contributed by atoms with Gasteiger partial charge in [0, 0.05) is 12.0 Å². The Morgan fingerprint density at radius 1 is 1.05 bits per heavy atom.